The van der Waals surface area contributed by atoms with Crippen molar-refractivity contribution < 1.29 is 4.79 Å². The number of hydrogen-bond acceptors (Lipinski definition) is 2. The van der Waals surface area contributed by atoms with Crippen LogP contribution in [-0.4, -0.2) is 5.91 Å². The molecule has 1 amide bonds. The third kappa shape index (κ3) is 5.46. The Balaban J connectivity index is 1.67. The average Bonchev–Trinajstić information content (AvgIpc) is 2.81. The number of anilines is 1. The Morgan fingerprint density at radius 1 is 0.742 bits per heavy atom. The molecule has 0 aliphatic carbocycles. The van der Waals surface area contributed by atoms with Crippen LogP contribution in [0, 0.1) is 0 Å². The predicted octanol–water partition coefficient (Wildman–Crippen LogP) is 7.67. The third-order valence-corrected chi connectivity index (χ3v) is 6.07. The summed E-state index contributed by atoms with van der Waals surface area (Å²) in [5, 5.41) is 3.70. The zero-order valence-electron chi connectivity index (χ0n) is 16.7. The van der Waals surface area contributed by atoms with Crippen molar-refractivity contribution in [3.05, 3.63) is 125 Å². The largest absolute Gasteiger partial charge is 0.321 e. The van der Waals surface area contributed by atoms with Crippen LogP contribution in [0.3, 0.4) is 0 Å². The number of para-hydroxylation sites is 1. The van der Waals surface area contributed by atoms with Gasteiger partial charge in [0.15, 0.2) is 0 Å². The standard InChI is InChI=1S/C27H20ClNOS/c28-24-16-8-7-13-21(24)19-23(20-11-3-1-4-12-20)27(30)29-25-17-9-10-18-26(25)31-22-14-5-2-6-15-22/h1-19H,(H,29,30)/b23-19+. The number of carbonyl (C=O) groups is 1. The number of rotatable bonds is 6. The minimum Gasteiger partial charge on any atom is -0.321 e. The van der Waals surface area contributed by atoms with Crippen LogP contribution in [0.25, 0.3) is 11.6 Å². The summed E-state index contributed by atoms with van der Waals surface area (Å²) >= 11 is 7.97. The first-order chi connectivity index (χ1) is 15.2. The molecular weight excluding hydrogens is 422 g/mol. The highest BCUT2D eigenvalue weighted by molar-refractivity contribution is 7.99. The first-order valence-electron chi connectivity index (χ1n) is 9.85. The molecule has 0 aromatic heterocycles. The molecule has 0 aliphatic rings. The van der Waals surface area contributed by atoms with Gasteiger partial charge in [-0.3, -0.25) is 4.79 Å². The van der Waals surface area contributed by atoms with Crippen LogP contribution >= 0.6 is 23.4 Å². The molecule has 4 aromatic rings. The maximum atomic E-state index is 13.4. The van der Waals surface area contributed by atoms with Gasteiger partial charge >= 0.3 is 0 Å². The summed E-state index contributed by atoms with van der Waals surface area (Å²) in [4.78, 5) is 15.5. The maximum absolute atomic E-state index is 13.4. The van der Waals surface area contributed by atoms with E-state index in [4.69, 9.17) is 11.6 Å². The number of halogens is 1. The molecule has 0 heterocycles. The molecular formula is C27H20ClNOS. The highest BCUT2D eigenvalue weighted by Gasteiger charge is 2.15. The first-order valence-corrected chi connectivity index (χ1v) is 11.0. The van der Waals surface area contributed by atoms with Gasteiger partial charge in [0.05, 0.1) is 5.69 Å². The van der Waals surface area contributed by atoms with E-state index in [1.54, 1.807) is 11.8 Å². The monoisotopic (exact) mass is 441 g/mol. The van der Waals surface area contributed by atoms with Crippen LogP contribution in [0.4, 0.5) is 5.69 Å². The van der Waals surface area contributed by atoms with Crippen molar-refractivity contribution in [1.29, 1.82) is 0 Å². The number of carbonyl (C=O) groups excluding carboxylic acids is 1. The summed E-state index contributed by atoms with van der Waals surface area (Å²) < 4.78 is 0. The second-order valence-electron chi connectivity index (χ2n) is 6.81. The van der Waals surface area contributed by atoms with Gasteiger partial charge in [-0.15, -0.1) is 0 Å². The quantitative estimate of drug-likeness (QED) is 0.245. The van der Waals surface area contributed by atoms with Gasteiger partial charge in [-0.1, -0.05) is 102 Å². The van der Waals surface area contributed by atoms with Gasteiger partial charge in [-0.2, -0.15) is 0 Å². The van der Waals surface area contributed by atoms with Crippen molar-refractivity contribution in [2.45, 2.75) is 9.79 Å². The molecule has 4 aromatic carbocycles. The van der Waals surface area contributed by atoms with E-state index in [0.29, 0.717) is 10.6 Å². The second kappa shape index (κ2) is 10.2. The molecule has 0 atom stereocenters. The molecule has 4 heteroatoms. The van der Waals surface area contributed by atoms with Gasteiger partial charge in [-0.05, 0) is 47.5 Å². The molecule has 0 bridgehead atoms. The Hall–Kier alpha value is -3.27. The Labute approximate surface area is 191 Å². The third-order valence-electron chi connectivity index (χ3n) is 4.64. The van der Waals surface area contributed by atoms with E-state index in [1.807, 2.05) is 103 Å². The molecule has 0 saturated carbocycles. The van der Waals surface area contributed by atoms with Crippen LogP contribution in [0.15, 0.2) is 119 Å². The van der Waals surface area contributed by atoms with E-state index in [2.05, 4.69) is 17.4 Å². The van der Waals surface area contributed by atoms with Gasteiger partial charge in [-0.25, -0.2) is 0 Å². The lowest BCUT2D eigenvalue weighted by atomic mass is 10.0. The summed E-state index contributed by atoms with van der Waals surface area (Å²) in [7, 11) is 0. The number of benzene rings is 4. The minimum absolute atomic E-state index is 0.188. The summed E-state index contributed by atoms with van der Waals surface area (Å²) in [6, 6.07) is 35.0. The Morgan fingerprint density at radius 3 is 2.10 bits per heavy atom. The van der Waals surface area contributed by atoms with Gasteiger partial charge in [0.25, 0.3) is 5.91 Å². The topological polar surface area (TPSA) is 29.1 Å². The van der Waals surface area contributed by atoms with E-state index in [0.717, 1.165) is 26.6 Å². The van der Waals surface area contributed by atoms with E-state index in [1.165, 1.54) is 0 Å². The predicted molar refractivity (Wildman–Crippen MR) is 131 cm³/mol. The fourth-order valence-corrected chi connectivity index (χ4v) is 4.22. The molecule has 0 fully saturated rings. The lowest BCUT2D eigenvalue weighted by molar-refractivity contribution is -0.111. The summed E-state index contributed by atoms with van der Waals surface area (Å²) in [5.41, 5.74) is 2.94. The normalized spacial score (nSPS) is 11.2. The molecule has 0 aliphatic heterocycles. The van der Waals surface area contributed by atoms with Crippen LogP contribution < -0.4 is 5.32 Å². The number of nitrogens with one attached hydrogen (secondary N) is 1. The molecule has 0 spiro atoms. The van der Waals surface area contributed by atoms with Crippen LogP contribution in [-0.2, 0) is 4.79 Å². The van der Waals surface area contributed by atoms with Crippen molar-refractivity contribution in [2.75, 3.05) is 5.32 Å². The molecule has 4 rings (SSSR count). The summed E-state index contributed by atoms with van der Waals surface area (Å²) in [6.45, 7) is 0. The fraction of sp³-hybridized carbons (Fsp3) is 0. The summed E-state index contributed by atoms with van der Waals surface area (Å²) in [6.07, 6.45) is 1.83. The highest BCUT2D eigenvalue weighted by atomic mass is 35.5. The lowest BCUT2D eigenvalue weighted by Crippen LogP contribution is -2.14. The smallest absolute Gasteiger partial charge is 0.256 e. The average molecular weight is 442 g/mol. The number of amides is 1. The van der Waals surface area contributed by atoms with E-state index >= 15 is 0 Å². The zero-order valence-corrected chi connectivity index (χ0v) is 18.2. The van der Waals surface area contributed by atoms with Crippen LogP contribution in [0.1, 0.15) is 11.1 Å². The van der Waals surface area contributed by atoms with Crippen molar-refractivity contribution in [2.24, 2.45) is 0 Å². The van der Waals surface area contributed by atoms with E-state index in [-0.39, 0.29) is 5.91 Å². The van der Waals surface area contributed by atoms with Crippen molar-refractivity contribution in [3.63, 3.8) is 0 Å². The molecule has 2 nitrogen and oxygen atoms in total. The second-order valence-corrected chi connectivity index (χ2v) is 8.33. The summed E-state index contributed by atoms with van der Waals surface area (Å²) in [5.74, 6) is -0.188. The molecule has 152 valence electrons. The van der Waals surface area contributed by atoms with Crippen LogP contribution in [0.5, 0.6) is 0 Å². The van der Waals surface area contributed by atoms with Crippen molar-refractivity contribution >= 4 is 46.6 Å². The van der Waals surface area contributed by atoms with Crippen molar-refractivity contribution in [1.82, 2.24) is 0 Å². The zero-order chi connectivity index (χ0) is 21.5. The minimum atomic E-state index is -0.188. The van der Waals surface area contributed by atoms with Crippen LogP contribution in [0.2, 0.25) is 5.02 Å². The SMILES string of the molecule is O=C(Nc1ccccc1Sc1ccccc1)/C(=C/c1ccccc1Cl)c1ccccc1. The van der Waals surface area contributed by atoms with Gasteiger partial charge in [0.1, 0.15) is 0 Å². The maximum Gasteiger partial charge on any atom is 0.256 e. The molecule has 0 unspecified atom stereocenters. The van der Waals surface area contributed by atoms with E-state index < -0.39 is 0 Å². The van der Waals surface area contributed by atoms with Gasteiger partial charge in [0, 0.05) is 20.4 Å². The Morgan fingerprint density at radius 2 is 1.35 bits per heavy atom. The van der Waals surface area contributed by atoms with E-state index in [9.17, 15) is 4.79 Å². The molecule has 31 heavy (non-hydrogen) atoms. The van der Waals surface area contributed by atoms with Crippen molar-refractivity contribution in [3.8, 4) is 0 Å². The van der Waals surface area contributed by atoms with Gasteiger partial charge in [0.2, 0.25) is 0 Å². The lowest BCUT2D eigenvalue weighted by Gasteiger charge is -2.13. The molecule has 1 N–H and O–H groups in total. The Bertz CT molecular complexity index is 1210. The van der Waals surface area contributed by atoms with Gasteiger partial charge < -0.3 is 5.32 Å². The first kappa shape index (κ1) is 21.0. The Kier molecular flexibility index (Phi) is 6.88. The fourth-order valence-electron chi connectivity index (χ4n) is 3.11. The highest BCUT2D eigenvalue weighted by Crippen LogP contribution is 2.34. The number of hydrogen-bond donors (Lipinski definition) is 1. The molecule has 0 saturated heterocycles. The molecule has 0 radical (unpaired) electrons.